The largest absolute Gasteiger partial charge is 0.317 e. The van der Waals surface area contributed by atoms with Crippen LogP contribution in [0, 0.1) is 0 Å². The van der Waals surface area contributed by atoms with Crippen molar-refractivity contribution in [2.75, 3.05) is 0 Å². The summed E-state index contributed by atoms with van der Waals surface area (Å²) < 4.78 is 23.6. The smallest absolute Gasteiger partial charge is 0.251 e. The summed E-state index contributed by atoms with van der Waals surface area (Å²) in [5.74, 6) is -2.53. The maximum atomic E-state index is 11.8. The van der Waals surface area contributed by atoms with Crippen LogP contribution in [0.4, 0.5) is 8.78 Å². The topological polar surface area (TPSA) is 32.3 Å². The second-order valence-corrected chi connectivity index (χ2v) is 2.09. The number of nitrogens with one attached hydrogen (secondary N) is 1. The van der Waals surface area contributed by atoms with Gasteiger partial charge in [-0.15, -0.1) is 0 Å². The molecule has 2 N–H and O–H groups in total. The molecule has 4 heteroatoms. The molecule has 0 aromatic heterocycles. The van der Waals surface area contributed by atoms with Crippen molar-refractivity contribution < 1.29 is 14.0 Å². The Labute approximate surface area is 45.5 Å². The minimum atomic E-state index is -2.53. The summed E-state index contributed by atoms with van der Waals surface area (Å²) in [5, 5.41) is 8.03. The van der Waals surface area contributed by atoms with Crippen LogP contribution in [0.15, 0.2) is 0 Å². The Morgan fingerprint density at radius 2 is 2.00 bits per heavy atom. The zero-order chi connectivity index (χ0) is 6.20. The molecule has 8 heavy (non-hydrogen) atoms. The molecule has 1 fully saturated rings. The third kappa shape index (κ3) is 0.952. The van der Waals surface area contributed by atoms with E-state index in [-0.39, 0.29) is 18.9 Å². The van der Waals surface area contributed by atoms with E-state index in [0.717, 1.165) is 0 Å². The molecule has 0 aliphatic heterocycles. The average Bonchev–Trinajstić information content (AvgIpc) is 1.60. The van der Waals surface area contributed by atoms with Crippen molar-refractivity contribution in [2.24, 2.45) is 0 Å². The van der Waals surface area contributed by atoms with Gasteiger partial charge in [-0.3, -0.25) is 0 Å². The molecule has 0 spiro atoms. The van der Waals surface area contributed by atoms with E-state index < -0.39 is 5.92 Å². The summed E-state index contributed by atoms with van der Waals surface area (Å²) in [6.45, 7) is 0. The fourth-order valence-corrected chi connectivity index (χ4v) is 0.752. The van der Waals surface area contributed by atoms with Gasteiger partial charge in [-0.2, -0.15) is 0 Å². The van der Waals surface area contributed by atoms with Crippen LogP contribution in [0.2, 0.25) is 0 Å². The van der Waals surface area contributed by atoms with Gasteiger partial charge in [0.05, 0.1) is 0 Å². The van der Waals surface area contributed by atoms with Gasteiger partial charge in [-0.25, -0.2) is 14.3 Å². The van der Waals surface area contributed by atoms with Gasteiger partial charge in [0.1, 0.15) is 0 Å². The molecule has 1 saturated carbocycles. The van der Waals surface area contributed by atoms with Gasteiger partial charge in [0.2, 0.25) is 0 Å². The normalized spacial score (nSPS) is 27.4. The Kier molecular flexibility index (Phi) is 1.21. The number of hydroxylamine groups is 1. The van der Waals surface area contributed by atoms with E-state index in [1.807, 2.05) is 0 Å². The van der Waals surface area contributed by atoms with E-state index in [1.165, 1.54) is 0 Å². The average molecular weight is 123 g/mol. The van der Waals surface area contributed by atoms with Gasteiger partial charge in [-0.1, -0.05) is 0 Å². The number of hydrogen-bond donors (Lipinski definition) is 2. The van der Waals surface area contributed by atoms with Crippen LogP contribution in [0.3, 0.4) is 0 Å². The fourth-order valence-electron chi connectivity index (χ4n) is 0.752. The number of alkyl halides is 2. The van der Waals surface area contributed by atoms with Gasteiger partial charge < -0.3 is 5.21 Å². The lowest BCUT2D eigenvalue weighted by molar-refractivity contribution is -0.117. The molecule has 1 aliphatic rings. The predicted octanol–water partition coefficient (Wildman–Crippen LogP) is 0.763. The highest BCUT2D eigenvalue weighted by Gasteiger charge is 2.45. The number of hydrogen-bond acceptors (Lipinski definition) is 2. The highest BCUT2D eigenvalue weighted by atomic mass is 19.3. The summed E-state index contributed by atoms with van der Waals surface area (Å²) in [5.41, 5.74) is 1.78. The van der Waals surface area contributed by atoms with E-state index in [4.69, 9.17) is 5.21 Å². The molecule has 0 heterocycles. The Balaban J connectivity index is 2.21. The van der Waals surface area contributed by atoms with Crippen molar-refractivity contribution in [3.8, 4) is 0 Å². The summed E-state index contributed by atoms with van der Waals surface area (Å²) in [6.07, 6.45) is -0.465. The second-order valence-electron chi connectivity index (χ2n) is 2.09. The first-order chi connectivity index (χ1) is 3.64. The zero-order valence-electron chi connectivity index (χ0n) is 4.19. The monoisotopic (exact) mass is 123 g/mol. The summed E-state index contributed by atoms with van der Waals surface area (Å²) in [4.78, 5) is 0. The van der Waals surface area contributed by atoms with E-state index in [0.29, 0.717) is 0 Å². The first kappa shape index (κ1) is 5.91. The maximum absolute atomic E-state index is 11.8. The molecule has 0 atom stereocenters. The van der Waals surface area contributed by atoms with Crippen LogP contribution >= 0.6 is 0 Å². The SMILES string of the molecule is ONC1CC(F)(F)C1. The highest BCUT2D eigenvalue weighted by molar-refractivity contribution is 4.88. The minimum absolute atomic E-state index is 0.233. The van der Waals surface area contributed by atoms with E-state index >= 15 is 0 Å². The van der Waals surface area contributed by atoms with Crippen LogP contribution < -0.4 is 5.48 Å². The van der Waals surface area contributed by atoms with Crippen LogP contribution in [-0.4, -0.2) is 17.2 Å². The quantitative estimate of drug-likeness (QED) is 0.504. The molecule has 1 rings (SSSR count). The molecule has 0 unspecified atom stereocenters. The van der Waals surface area contributed by atoms with Gasteiger partial charge in [0.15, 0.2) is 0 Å². The van der Waals surface area contributed by atoms with Crippen molar-refractivity contribution in [3.05, 3.63) is 0 Å². The molecular weight excluding hydrogens is 116 g/mol. The maximum Gasteiger partial charge on any atom is 0.251 e. The Hall–Kier alpha value is -0.220. The molecule has 0 radical (unpaired) electrons. The second kappa shape index (κ2) is 1.63. The van der Waals surface area contributed by atoms with Gasteiger partial charge >= 0.3 is 0 Å². The first-order valence-electron chi connectivity index (χ1n) is 2.41. The number of rotatable bonds is 1. The summed E-state index contributed by atoms with van der Waals surface area (Å²) in [6, 6.07) is -0.384. The summed E-state index contributed by atoms with van der Waals surface area (Å²) in [7, 11) is 0. The van der Waals surface area contributed by atoms with Crippen molar-refractivity contribution in [1.29, 1.82) is 0 Å². The van der Waals surface area contributed by atoms with Crippen LogP contribution in [-0.2, 0) is 0 Å². The molecule has 2 nitrogen and oxygen atoms in total. The first-order valence-corrected chi connectivity index (χ1v) is 2.41. The van der Waals surface area contributed by atoms with Crippen LogP contribution in [0.25, 0.3) is 0 Å². The summed E-state index contributed by atoms with van der Waals surface area (Å²) >= 11 is 0. The Bertz CT molecular complexity index is 88.0. The Morgan fingerprint density at radius 3 is 2.12 bits per heavy atom. The van der Waals surface area contributed by atoms with E-state index in [2.05, 4.69) is 0 Å². The van der Waals surface area contributed by atoms with Gasteiger partial charge in [0.25, 0.3) is 5.92 Å². The van der Waals surface area contributed by atoms with Crippen molar-refractivity contribution in [1.82, 2.24) is 5.48 Å². The molecule has 48 valence electrons. The molecule has 0 saturated heterocycles. The van der Waals surface area contributed by atoms with Gasteiger partial charge in [-0.05, 0) is 0 Å². The minimum Gasteiger partial charge on any atom is -0.317 e. The number of halogens is 2. The molecule has 1 aliphatic carbocycles. The zero-order valence-corrected chi connectivity index (χ0v) is 4.19. The van der Waals surface area contributed by atoms with Crippen molar-refractivity contribution in [2.45, 2.75) is 24.8 Å². The van der Waals surface area contributed by atoms with Crippen molar-refractivity contribution in [3.63, 3.8) is 0 Å². The fraction of sp³-hybridized carbons (Fsp3) is 1.00. The standard InChI is InChI=1S/C4H7F2NO/c5-4(6)1-3(2-4)7-8/h3,7-8H,1-2H2. The van der Waals surface area contributed by atoms with E-state index in [9.17, 15) is 8.78 Å². The third-order valence-electron chi connectivity index (χ3n) is 1.27. The van der Waals surface area contributed by atoms with Crippen LogP contribution in [0.5, 0.6) is 0 Å². The lowest BCUT2D eigenvalue weighted by Crippen LogP contribution is -2.47. The molecule has 0 aromatic carbocycles. The molecular formula is C4H7F2NO. The molecule has 0 amide bonds. The predicted molar refractivity (Wildman–Crippen MR) is 22.9 cm³/mol. The van der Waals surface area contributed by atoms with Gasteiger partial charge in [0, 0.05) is 18.9 Å². The van der Waals surface area contributed by atoms with Crippen LogP contribution in [0.1, 0.15) is 12.8 Å². The molecule has 0 bridgehead atoms. The van der Waals surface area contributed by atoms with E-state index in [1.54, 1.807) is 5.48 Å². The lowest BCUT2D eigenvalue weighted by atomic mass is 9.89. The highest BCUT2D eigenvalue weighted by Crippen LogP contribution is 2.36. The van der Waals surface area contributed by atoms with Crippen molar-refractivity contribution >= 4 is 0 Å². The third-order valence-corrected chi connectivity index (χ3v) is 1.27. The lowest BCUT2D eigenvalue weighted by Gasteiger charge is -2.33. The Morgan fingerprint density at radius 1 is 1.50 bits per heavy atom. The molecule has 0 aromatic rings.